The fraction of sp³-hybridized carbons (Fsp3) is 0.696. The van der Waals surface area contributed by atoms with E-state index in [-0.39, 0.29) is 11.9 Å². The topological polar surface area (TPSA) is 60.0 Å². The molecule has 6 nitrogen and oxygen atoms in total. The molecule has 0 bridgehead atoms. The summed E-state index contributed by atoms with van der Waals surface area (Å²) in [6.45, 7) is 3.33. The van der Waals surface area contributed by atoms with E-state index in [1.165, 1.54) is 38.6 Å². The van der Waals surface area contributed by atoms with Crippen LogP contribution in [0.25, 0.3) is 0 Å². The number of rotatable bonds is 8. The summed E-state index contributed by atoms with van der Waals surface area (Å²) in [5, 5.41) is 3.24. The fourth-order valence-electron chi connectivity index (χ4n) is 4.78. The second-order valence-electron chi connectivity index (χ2n) is 8.38. The first-order valence-electron chi connectivity index (χ1n) is 10.9. The van der Waals surface area contributed by atoms with Crippen LogP contribution >= 0.6 is 0 Å². The molecule has 1 N–H and O–H groups in total. The maximum Gasteiger partial charge on any atom is 0.224 e. The molecule has 2 aliphatic rings. The first kappa shape index (κ1) is 21.8. The molecule has 1 aromatic carbocycles. The number of nitrogens with zero attached hydrogens (tertiary/aromatic N) is 1. The van der Waals surface area contributed by atoms with Gasteiger partial charge in [-0.2, -0.15) is 0 Å². The number of amides is 1. The van der Waals surface area contributed by atoms with Crippen LogP contribution in [0.15, 0.2) is 12.1 Å². The quantitative estimate of drug-likeness (QED) is 0.719. The van der Waals surface area contributed by atoms with Crippen molar-refractivity contribution >= 4 is 5.91 Å². The van der Waals surface area contributed by atoms with Crippen molar-refractivity contribution in [1.29, 1.82) is 0 Å². The van der Waals surface area contributed by atoms with Gasteiger partial charge in [0.2, 0.25) is 11.7 Å². The van der Waals surface area contributed by atoms with Gasteiger partial charge in [0.25, 0.3) is 0 Å². The maximum atomic E-state index is 12.7. The summed E-state index contributed by atoms with van der Waals surface area (Å²) in [6.07, 6.45) is 9.42. The number of benzene rings is 1. The third kappa shape index (κ3) is 6.01. The summed E-state index contributed by atoms with van der Waals surface area (Å²) in [4.78, 5) is 15.2. The van der Waals surface area contributed by atoms with E-state index >= 15 is 0 Å². The highest BCUT2D eigenvalue weighted by Gasteiger charge is 2.24. The Labute approximate surface area is 174 Å². The van der Waals surface area contributed by atoms with Gasteiger partial charge < -0.3 is 24.4 Å². The van der Waals surface area contributed by atoms with Crippen molar-refractivity contribution < 1.29 is 19.0 Å². The van der Waals surface area contributed by atoms with Gasteiger partial charge >= 0.3 is 0 Å². The van der Waals surface area contributed by atoms with Gasteiger partial charge in [-0.15, -0.1) is 0 Å². The van der Waals surface area contributed by atoms with Crippen LogP contribution in [0.4, 0.5) is 0 Å². The Morgan fingerprint density at radius 1 is 1.00 bits per heavy atom. The van der Waals surface area contributed by atoms with E-state index in [4.69, 9.17) is 14.2 Å². The predicted molar refractivity (Wildman–Crippen MR) is 114 cm³/mol. The monoisotopic (exact) mass is 404 g/mol. The number of methoxy groups -OCH3 is 3. The molecule has 1 aliphatic heterocycles. The number of hydrogen-bond acceptors (Lipinski definition) is 5. The van der Waals surface area contributed by atoms with Gasteiger partial charge in [-0.3, -0.25) is 4.79 Å². The van der Waals surface area contributed by atoms with E-state index in [0.29, 0.717) is 23.7 Å². The van der Waals surface area contributed by atoms with Crippen LogP contribution in [0, 0.1) is 5.92 Å². The molecule has 2 fully saturated rings. The van der Waals surface area contributed by atoms with E-state index in [2.05, 4.69) is 10.2 Å². The van der Waals surface area contributed by atoms with E-state index in [1.807, 2.05) is 12.1 Å². The molecule has 1 saturated heterocycles. The normalized spacial score (nSPS) is 20.9. The van der Waals surface area contributed by atoms with Crippen LogP contribution in [0.2, 0.25) is 0 Å². The van der Waals surface area contributed by atoms with Gasteiger partial charge in [-0.25, -0.2) is 0 Å². The molecule has 6 heteroatoms. The minimum absolute atomic E-state index is 0.0452. The molecule has 1 unspecified atom stereocenters. The van der Waals surface area contributed by atoms with Crippen LogP contribution in [0.3, 0.4) is 0 Å². The molecular formula is C23H36N2O4. The summed E-state index contributed by atoms with van der Waals surface area (Å²) < 4.78 is 16.1. The van der Waals surface area contributed by atoms with Gasteiger partial charge in [0, 0.05) is 19.1 Å². The number of piperidine rings is 1. The van der Waals surface area contributed by atoms with Crippen LogP contribution in [-0.2, 0) is 11.2 Å². The van der Waals surface area contributed by atoms with Crippen molar-refractivity contribution in [3.8, 4) is 17.2 Å². The third-order valence-electron chi connectivity index (χ3n) is 6.20. The van der Waals surface area contributed by atoms with Crippen LogP contribution < -0.4 is 19.5 Å². The maximum absolute atomic E-state index is 12.7. The summed E-state index contributed by atoms with van der Waals surface area (Å²) in [5.74, 6) is 2.59. The first-order valence-corrected chi connectivity index (χ1v) is 10.9. The molecule has 1 saturated carbocycles. The summed E-state index contributed by atoms with van der Waals surface area (Å²) >= 11 is 0. The zero-order chi connectivity index (χ0) is 20.6. The number of likely N-dealkylation sites (tertiary alicyclic amines) is 1. The second kappa shape index (κ2) is 10.7. The molecule has 1 aromatic rings. The standard InChI is InChI=1S/C23H36N2O4/c1-27-20-12-18(13-21(28-2)23(20)29-3)14-22(26)24-19-10-7-11-25(16-19)15-17-8-5-4-6-9-17/h12-13,17,19H,4-11,14-16H2,1-3H3,(H,24,26). The number of ether oxygens (including phenoxy) is 3. The molecule has 1 heterocycles. The minimum atomic E-state index is 0.0452. The van der Waals surface area contributed by atoms with E-state index in [9.17, 15) is 4.79 Å². The molecule has 0 aromatic heterocycles. The molecule has 3 rings (SSSR count). The summed E-state index contributed by atoms with van der Waals surface area (Å²) in [5.41, 5.74) is 0.854. The molecule has 1 atom stereocenters. The second-order valence-corrected chi connectivity index (χ2v) is 8.38. The van der Waals surface area contributed by atoms with E-state index in [0.717, 1.165) is 37.4 Å². The average molecular weight is 405 g/mol. The van der Waals surface area contributed by atoms with Gasteiger partial charge in [-0.1, -0.05) is 19.3 Å². The van der Waals surface area contributed by atoms with Gasteiger partial charge in [0.05, 0.1) is 27.8 Å². The van der Waals surface area contributed by atoms with E-state index in [1.54, 1.807) is 21.3 Å². The van der Waals surface area contributed by atoms with Crippen molar-refractivity contribution in [2.45, 2.75) is 57.4 Å². The first-order chi connectivity index (χ1) is 14.1. The Kier molecular flexibility index (Phi) is 8.04. The SMILES string of the molecule is COc1cc(CC(=O)NC2CCCN(CC3CCCCC3)C2)cc(OC)c1OC. The number of carbonyl (C=O) groups is 1. The highest BCUT2D eigenvalue weighted by Crippen LogP contribution is 2.38. The van der Waals surface area contributed by atoms with Crippen molar-refractivity contribution in [1.82, 2.24) is 10.2 Å². The molecule has 1 amide bonds. The lowest BCUT2D eigenvalue weighted by atomic mass is 9.88. The number of hydrogen-bond donors (Lipinski definition) is 1. The van der Waals surface area contributed by atoms with Crippen molar-refractivity contribution in [2.24, 2.45) is 5.92 Å². The van der Waals surface area contributed by atoms with Crippen LogP contribution in [-0.4, -0.2) is 57.8 Å². The van der Waals surface area contributed by atoms with E-state index < -0.39 is 0 Å². The Bertz CT molecular complexity index is 648. The van der Waals surface area contributed by atoms with Gasteiger partial charge in [-0.05, 0) is 55.8 Å². The van der Waals surface area contributed by atoms with Crippen molar-refractivity contribution in [3.63, 3.8) is 0 Å². The minimum Gasteiger partial charge on any atom is -0.493 e. The fourth-order valence-corrected chi connectivity index (χ4v) is 4.78. The predicted octanol–water partition coefficient (Wildman–Crippen LogP) is 3.42. The lowest BCUT2D eigenvalue weighted by molar-refractivity contribution is -0.121. The molecule has 162 valence electrons. The summed E-state index contributed by atoms with van der Waals surface area (Å²) in [6, 6.07) is 3.93. The molecule has 0 spiro atoms. The average Bonchev–Trinajstić information content (AvgIpc) is 2.73. The highest BCUT2D eigenvalue weighted by molar-refractivity contribution is 5.79. The van der Waals surface area contributed by atoms with Gasteiger partial charge in [0.1, 0.15) is 0 Å². The number of carbonyl (C=O) groups excluding carboxylic acids is 1. The summed E-state index contributed by atoms with van der Waals surface area (Å²) in [7, 11) is 4.75. The Morgan fingerprint density at radius 3 is 2.31 bits per heavy atom. The third-order valence-corrected chi connectivity index (χ3v) is 6.20. The van der Waals surface area contributed by atoms with Crippen LogP contribution in [0.5, 0.6) is 17.2 Å². The Morgan fingerprint density at radius 2 is 1.69 bits per heavy atom. The van der Waals surface area contributed by atoms with Crippen molar-refractivity contribution in [2.75, 3.05) is 41.0 Å². The lowest BCUT2D eigenvalue weighted by Crippen LogP contribution is -2.49. The van der Waals surface area contributed by atoms with Crippen molar-refractivity contribution in [3.05, 3.63) is 17.7 Å². The highest BCUT2D eigenvalue weighted by atomic mass is 16.5. The molecule has 29 heavy (non-hydrogen) atoms. The number of nitrogens with one attached hydrogen (secondary N) is 1. The molecular weight excluding hydrogens is 368 g/mol. The van der Waals surface area contributed by atoms with Gasteiger partial charge in [0.15, 0.2) is 11.5 Å². The molecule has 0 radical (unpaired) electrons. The largest absolute Gasteiger partial charge is 0.493 e. The zero-order valence-corrected chi connectivity index (χ0v) is 18.2. The van der Waals surface area contributed by atoms with Crippen LogP contribution in [0.1, 0.15) is 50.5 Å². The lowest BCUT2D eigenvalue weighted by Gasteiger charge is -2.36. The smallest absolute Gasteiger partial charge is 0.224 e. The zero-order valence-electron chi connectivity index (χ0n) is 18.2. The Hall–Kier alpha value is -1.95. The molecule has 1 aliphatic carbocycles. The Balaban J connectivity index is 1.54.